The van der Waals surface area contributed by atoms with E-state index in [-0.39, 0.29) is 11.6 Å². The van der Waals surface area contributed by atoms with Gasteiger partial charge in [0.25, 0.3) is 5.91 Å². The van der Waals surface area contributed by atoms with Crippen LogP contribution < -0.4 is 5.32 Å². The summed E-state index contributed by atoms with van der Waals surface area (Å²) in [6.07, 6.45) is 0.715. The molecule has 2 heterocycles. The van der Waals surface area contributed by atoms with Crippen LogP contribution in [0, 0.1) is 12.7 Å². The number of hydrogen-bond donors (Lipinski definition) is 2. The number of carbonyl (C=O) groups is 2. The van der Waals surface area contributed by atoms with Crippen molar-refractivity contribution in [2.75, 3.05) is 11.5 Å². The van der Waals surface area contributed by atoms with E-state index in [1.807, 2.05) is 0 Å². The Balaban J connectivity index is 1.84. The number of aliphatic carboxylic acids is 1. The molecular formula is C16H17FN4O3S. The number of benzene rings is 1. The Morgan fingerprint density at radius 1 is 1.28 bits per heavy atom. The molecule has 1 aromatic carbocycles. The first-order valence-corrected chi connectivity index (χ1v) is 8.90. The van der Waals surface area contributed by atoms with E-state index in [1.165, 1.54) is 28.9 Å². The van der Waals surface area contributed by atoms with Gasteiger partial charge in [-0.1, -0.05) is 0 Å². The second-order valence-electron chi connectivity index (χ2n) is 5.82. The van der Waals surface area contributed by atoms with Gasteiger partial charge in [0.05, 0.1) is 5.69 Å². The van der Waals surface area contributed by atoms with Gasteiger partial charge in [-0.3, -0.25) is 4.79 Å². The molecule has 9 heteroatoms. The number of thioether (sulfide) groups is 1. The van der Waals surface area contributed by atoms with E-state index >= 15 is 0 Å². The minimum absolute atomic E-state index is 0.110. The Kier molecular flexibility index (Phi) is 4.76. The maximum atomic E-state index is 13.0. The number of aryl methyl sites for hydroxylation is 1. The number of rotatable bonds is 4. The highest BCUT2D eigenvalue weighted by Gasteiger charge is 2.42. The number of nitrogens with one attached hydrogen (secondary N) is 1. The third kappa shape index (κ3) is 3.51. The molecule has 0 unspecified atom stereocenters. The lowest BCUT2D eigenvalue weighted by molar-refractivity contribution is -0.144. The summed E-state index contributed by atoms with van der Waals surface area (Å²) in [4.78, 5) is 28.3. The number of aromatic nitrogens is 3. The van der Waals surface area contributed by atoms with Gasteiger partial charge in [-0.05, 0) is 55.5 Å². The molecule has 0 bridgehead atoms. The molecule has 0 atom stereocenters. The number of hydrogen-bond acceptors (Lipinski definition) is 5. The van der Waals surface area contributed by atoms with Crippen LogP contribution in [0.25, 0.3) is 5.69 Å². The van der Waals surface area contributed by atoms with Gasteiger partial charge in [-0.25, -0.2) is 18.9 Å². The third-order valence-corrected chi connectivity index (χ3v) is 5.14. The SMILES string of the molecule is Cc1nc(C(=O)NC2(C(=O)O)CCSCC2)nn1-c1ccc(F)cc1. The van der Waals surface area contributed by atoms with Crippen LogP contribution in [0.5, 0.6) is 0 Å². The fourth-order valence-corrected chi connectivity index (χ4v) is 3.89. The summed E-state index contributed by atoms with van der Waals surface area (Å²) in [5.41, 5.74) is -0.718. The molecule has 0 aliphatic carbocycles. The minimum atomic E-state index is -1.28. The van der Waals surface area contributed by atoms with Crippen LogP contribution in [0.4, 0.5) is 4.39 Å². The molecule has 1 aromatic heterocycles. The molecule has 25 heavy (non-hydrogen) atoms. The molecule has 132 valence electrons. The molecule has 2 aromatic rings. The van der Waals surface area contributed by atoms with Crippen LogP contribution in [-0.2, 0) is 4.79 Å². The van der Waals surface area contributed by atoms with Gasteiger partial charge < -0.3 is 10.4 Å². The molecule has 1 saturated heterocycles. The molecule has 0 saturated carbocycles. The van der Waals surface area contributed by atoms with Crippen LogP contribution in [0.3, 0.4) is 0 Å². The monoisotopic (exact) mass is 364 g/mol. The van der Waals surface area contributed by atoms with Crippen molar-refractivity contribution in [2.45, 2.75) is 25.3 Å². The van der Waals surface area contributed by atoms with Gasteiger partial charge in [0.2, 0.25) is 5.82 Å². The maximum Gasteiger partial charge on any atom is 0.329 e. The lowest BCUT2D eigenvalue weighted by atomic mass is 9.92. The van der Waals surface area contributed by atoms with Crippen LogP contribution in [-0.4, -0.2) is 48.8 Å². The van der Waals surface area contributed by atoms with E-state index < -0.39 is 17.4 Å². The Morgan fingerprint density at radius 3 is 2.52 bits per heavy atom. The molecule has 7 nitrogen and oxygen atoms in total. The number of carbonyl (C=O) groups excluding carboxylic acids is 1. The number of nitrogens with zero attached hydrogens (tertiary/aromatic N) is 3. The lowest BCUT2D eigenvalue weighted by Gasteiger charge is -2.33. The first-order chi connectivity index (χ1) is 11.9. The molecule has 1 aliphatic heterocycles. The van der Waals surface area contributed by atoms with E-state index in [4.69, 9.17) is 0 Å². The van der Waals surface area contributed by atoms with Gasteiger partial charge >= 0.3 is 5.97 Å². The average Bonchev–Trinajstić information content (AvgIpc) is 2.98. The van der Waals surface area contributed by atoms with Crippen molar-refractivity contribution in [3.63, 3.8) is 0 Å². The fourth-order valence-electron chi connectivity index (χ4n) is 2.70. The molecule has 1 aliphatic rings. The summed E-state index contributed by atoms with van der Waals surface area (Å²) in [5.74, 6) is -0.375. The van der Waals surface area contributed by atoms with Crippen molar-refractivity contribution in [1.29, 1.82) is 0 Å². The Morgan fingerprint density at radius 2 is 1.92 bits per heavy atom. The van der Waals surface area contributed by atoms with E-state index in [0.717, 1.165) is 0 Å². The highest BCUT2D eigenvalue weighted by molar-refractivity contribution is 7.99. The first-order valence-electron chi connectivity index (χ1n) is 7.74. The quantitative estimate of drug-likeness (QED) is 0.859. The summed E-state index contributed by atoms with van der Waals surface area (Å²) in [7, 11) is 0. The number of halogens is 1. The summed E-state index contributed by atoms with van der Waals surface area (Å²) < 4.78 is 14.5. The fraction of sp³-hybridized carbons (Fsp3) is 0.375. The predicted octanol–water partition coefficient (Wildman–Crippen LogP) is 1.80. The first kappa shape index (κ1) is 17.4. The zero-order chi connectivity index (χ0) is 18.0. The second kappa shape index (κ2) is 6.83. The topological polar surface area (TPSA) is 97.1 Å². The number of carboxylic acid groups (broad SMARTS) is 1. The van der Waals surface area contributed by atoms with E-state index in [9.17, 15) is 19.1 Å². The number of carboxylic acids is 1. The van der Waals surface area contributed by atoms with Crippen molar-refractivity contribution in [3.05, 3.63) is 41.7 Å². The largest absolute Gasteiger partial charge is 0.480 e. The van der Waals surface area contributed by atoms with Crippen LogP contribution in [0.1, 0.15) is 29.3 Å². The van der Waals surface area contributed by atoms with Crippen LogP contribution in [0.15, 0.2) is 24.3 Å². The van der Waals surface area contributed by atoms with Gasteiger partial charge in [0.1, 0.15) is 17.2 Å². The molecule has 0 radical (unpaired) electrons. The van der Waals surface area contributed by atoms with Gasteiger partial charge in [0, 0.05) is 0 Å². The van der Waals surface area contributed by atoms with Crippen molar-refractivity contribution in [1.82, 2.24) is 20.1 Å². The molecule has 1 amide bonds. The third-order valence-electron chi connectivity index (χ3n) is 4.15. The molecular weight excluding hydrogens is 347 g/mol. The summed E-state index contributed by atoms with van der Waals surface area (Å²) in [6.45, 7) is 1.66. The lowest BCUT2D eigenvalue weighted by Crippen LogP contribution is -2.56. The van der Waals surface area contributed by atoms with Crippen LogP contribution in [0.2, 0.25) is 0 Å². The maximum absolute atomic E-state index is 13.0. The van der Waals surface area contributed by atoms with Crippen molar-refractivity contribution in [2.24, 2.45) is 0 Å². The van der Waals surface area contributed by atoms with E-state index in [2.05, 4.69) is 15.4 Å². The zero-order valence-electron chi connectivity index (χ0n) is 13.5. The zero-order valence-corrected chi connectivity index (χ0v) is 14.3. The standard InChI is InChI=1S/C16H17FN4O3S/c1-10-18-13(20-21(10)12-4-2-11(17)3-5-12)14(22)19-16(15(23)24)6-8-25-9-7-16/h2-5H,6-9H2,1H3,(H,19,22)(H,23,24). The average molecular weight is 364 g/mol. The molecule has 0 spiro atoms. The summed E-state index contributed by atoms with van der Waals surface area (Å²) in [6, 6.07) is 5.62. The molecule has 1 fully saturated rings. The molecule has 2 N–H and O–H groups in total. The van der Waals surface area contributed by atoms with Crippen LogP contribution >= 0.6 is 11.8 Å². The van der Waals surface area contributed by atoms with E-state index in [1.54, 1.807) is 18.7 Å². The Labute approximate surface area is 147 Å². The minimum Gasteiger partial charge on any atom is -0.480 e. The predicted molar refractivity (Wildman–Crippen MR) is 90.4 cm³/mol. The van der Waals surface area contributed by atoms with E-state index in [0.29, 0.717) is 35.9 Å². The summed E-state index contributed by atoms with van der Waals surface area (Å²) in [5, 5.41) is 16.3. The van der Waals surface area contributed by atoms with Crippen molar-refractivity contribution in [3.8, 4) is 5.69 Å². The normalized spacial score (nSPS) is 16.4. The smallest absolute Gasteiger partial charge is 0.329 e. The Bertz CT molecular complexity index is 800. The highest BCUT2D eigenvalue weighted by atomic mass is 32.2. The summed E-state index contributed by atoms with van der Waals surface area (Å²) >= 11 is 1.66. The van der Waals surface area contributed by atoms with Gasteiger partial charge in [-0.15, -0.1) is 5.10 Å². The van der Waals surface area contributed by atoms with Crippen molar-refractivity contribution < 1.29 is 19.1 Å². The number of amides is 1. The Hall–Kier alpha value is -2.42. The van der Waals surface area contributed by atoms with Gasteiger partial charge in [-0.2, -0.15) is 11.8 Å². The van der Waals surface area contributed by atoms with Gasteiger partial charge in [0.15, 0.2) is 0 Å². The van der Waals surface area contributed by atoms with Crippen molar-refractivity contribution >= 4 is 23.6 Å². The molecule has 3 rings (SSSR count). The highest BCUT2D eigenvalue weighted by Crippen LogP contribution is 2.27. The second-order valence-corrected chi connectivity index (χ2v) is 7.05.